The van der Waals surface area contributed by atoms with Crippen LogP contribution in [-0.2, 0) is 16.4 Å². The number of rotatable bonds is 4. The third-order valence-corrected chi connectivity index (χ3v) is 6.06. The maximum Gasteiger partial charge on any atom is 0.270 e. The van der Waals surface area contributed by atoms with Gasteiger partial charge in [0, 0.05) is 23.9 Å². The van der Waals surface area contributed by atoms with E-state index in [1.54, 1.807) is 13.0 Å². The van der Waals surface area contributed by atoms with Crippen molar-refractivity contribution in [1.29, 1.82) is 0 Å². The summed E-state index contributed by atoms with van der Waals surface area (Å²) in [6.07, 6.45) is 2.37. The van der Waals surface area contributed by atoms with Crippen molar-refractivity contribution in [3.8, 4) is 0 Å². The molecule has 1 aliphatic carbocycles. The lowest BCUT2D eigenvalue weighted by Crippen LogP contribution is -2.31. The van der Waals surface area contributed by atoms with Crippen LogP contribution in [0.3, 0.4) is 0 Å². The van der Waals surface area contributed by atoms with E-state index in [4.69, 9.17) is 5.73 Å². The van der Waals surface area contributed by atoms with E-state index in [2.05, 4.69) is 4.72 Å². The number of fused-ring (bicyclic) bond motifs is 1. The van der Waals surface area contributed by atoms with Crippen molar-refractivity contribution in [2.75, 3.05) is 5.73 Å². The quantitative estimate of drug-likeness (QED) is 0.493. The minimum Gasteiger partial charge on any atom is -0.399 e. The number of nitrogens with zero attached hydrogens (tertiary/aromatic N) is 1. The summed E-state index contributed by atoms with van der Waals surface area (Å²) in [6, 6.07) is 8.95. The number of non-ortho nitro benzene ring substituents is 1. The standard InChI is InChI=1S/C17H19N3O4S/c1-11-5-7-14(20(21)22)10-17(11)25(23,24)19-16-4-2-3-12-9-13(18)6-8-15(12)16/h5-10,16,19H,2-4,18H2,1H3. The average molecular weight is 361 g/mol. The first-order valence-corrected chi connectivity index (χ1v) is 9.42. The minimum absolute atomic E-state index is 0.0655. The number of nitro benzene ring substituents is 1. The predicted octanol–water partition coefficient (Wildman–Crippen LogP) is 2.84. The molecule has 2 aromatic carbocycles. The largest absolute Gasteiger partial charge is 0.399 e. The zero-order valence-electron chi connectivity index (χ0n) is 13.7. The maximum absolute atomic E-state index is 12.8. The number of aryl methyl sites for hydroxylation is 2. The summed E-state index contributed by atoms with van der Waals surface area (Å²) in [5.74, 6) is 0. The maximum atomic E-state index is 12.8. The van der Waals surface area contributed by atoms with E-state index >= 15 is 0 Å². The van der Waals surface area contributed by atoms with Crippen molar-refractivity contribution >= 4 is 21.4 Å². The summed E-state index contributed by atoms with van der Waals surface area (Å²) in [5.41, 5.74) is 8.62. The molecule has 0 heterocycles. The van der Waals surface area contributed by atoms with Crippen molar-refractivity contribution in [3.05, 3.63) is 63.2 Å². The first-order valence-electron chi connectivity index (χ1n) is 7.93. The zero-order chi connectivity index (χ0) is 18.2. The number of nitrogens with two attached hydrogens (primary N) is 1. The molecule has 0 radical (unpaired) electrons. The van der Waals surface area contributed by atoms with Crippen LogP contribution < -0.4 is 10.5 Å². The van der Waals surface area contributed by atoms with Crippen LogP contribution in [0, 0.1) is 17.0 Å². The van der Waals surface area contributed by atoms with Gasteiger partial charge in [-0.3, -0.25) is 10.1 Å². The topological polar surface area (TPSA) is 115 Å². The van der Waals surface area contributed by atoms with Gasteiger partial charge in [0.2, 0.25) is 10.0 Å². The number of sulfonamides is 1. The lowest BCUT2D eigenvalue weighted by molar-refractivity contribution is -0.385. The van der Waals surface area contributed by atoms with Crippen LogP contribution in [0.15, 0.2) is 41.3 Å². The number of hydrogen-bond acceptors (Lipinski definition) is 5. The van der Waals surface area contributed by atoms with Crippen LogP contribution in [0.4, 0.5) is 11.4 Å². The van der Waals surface area contributed by atoms with Crippen molar-refractivity contribution in [2.45, 2.75) is 37.1 Å². The molecule has 8 heteroatoms. The van der Waals surface area contributed by atoms with Gasteiger partial charge < -0.3 is 5.73 Å². The van der Waals surface area contributed by atoms with E-state index in [1.807, 2.05) is 12.1 Å². The summed E-state index contributed by atoms with van der Waals surface area (Å²) < 4.78 is 28.3. The van der Waals surface area contributed by atoms with Gasteiger partial charge in [0.25, 0.3) is 5.69 Å². The number of nitro groups is 1. The normalized spacial score (nSPS) is 17.1. The van der Waals surface area contributed by atoms with Crippen molar-refractivity contribution < 1.29 is 13.3 Å². The Kier molecular flexibility index (Phi) is 4.49. The molecule has 0 aliphatic heterocycles. The van der Waals surface area contributed by atoms with Gasteiger partial charge in [-0.05, 0) is 55.0 Å². The number of nitrogen functional groups attached to an aromatic ring is 1. The highest BCUT2D eigenvalue weighted by Crippen LogP contribution is 2.33. The van der Waals surface area contributed by atoms with Gasteiger partial charge in [-0.15, -0.1) is 0 Å². The lowest BCUT2D eigenvalue weighted by Gasteiger charge is -2.26. The van der Waals surface area contributed by atoms with Crippen molar-refractivity contribution in [1.82, 2.24) is 4.72 Å². The molecule has 7 nitrogen and oxygen atoms in total. The molecule has 1 atom stereocenters. The number of nitrogens with one attached hydrogen (secondary N) is 1. The smallest absolute Gasteiger partial charge is 0.270 e. The van der Waals surface area contributed by atoms with Gasteiger partial charge in [-0.25, -0.2) is 13.1 Å². The fourth-order valence-electron chi connectivity index (χ4n) is 3.20. The minimum atomic E-state index is -3.89. The third kappa shape index (κ3) is 3.49. The Hall–Kier alpha value is -2.45. The van der Waals surface area contributed by atoms with Crippen LogP contribution in [-0.4, -0.2) is 13.3 Å². The van der Waals surface area contributed by atoms with Crippen LogP contribution >= 0.6 is 0 Å². The van der Waals surface area contributed by atoms with Crippen LogP contribution in [0.5, 0.6) is 0 Å². The Morgan fingerprint density at radius 2 is 2.00 bits per heavy atom. The molecule has 0 spiro atoms. The van der Waals surface area contributed by atoms with Gasteiger partial charge in [0.05, 0.1) is 9.82 Å². The first kappa shape index (κ1) is 17.4. The Balaban J connectivity index is 1.96. The fourth-order valence-corrected chi connectivity index (χ4v) is 4.71. The Labute approximate surface area is 146 Å². The van der Waals surface area contributed by atoms with Crippen molar-refractivity contribution in [3.63, 3.8) is 0 Å². The van der Waals surface area contributed by atoms with E-state index in [9.17, 15) is 18.5 Å². The zero-order valence-corrected chi connectivity index (χ0v) is 14.5. The molecule has 25 heavy (non-hydrogen) atoms. The molecule has 1 unspecified atom stereocenters. The van der Waals surface area contributed by atoms with Crippen LogP contribution in [0.25, 0.3) is 0 Å². The summed E-state index contributed by atoms with van der Waals surface area (Å²) in [5, 5.41) is 11.0. The fraction of sp³-hybridized carbons (Fsp3) is 0.294. The van der Waals surface area contributed by atoms with E-state index in [0.29, 0.717) is 17.7 Å². The number of benzene rings is 2. The summed E-state index contributed by atoms with van der Waals surface area (Å²) >= 11 is 0. The van der Waals surface area contributed by atoms with E-state index in [-0.39, 0.29) is 16.6 Å². The molecule has 0 fully saturated rings. The Bertz CT molecular complexity index is 941. The van der Waals surface area contributed by atoms with E-state index in [1.165, 1.54) is 12.1 Å². The Morgan fingerprint density at radius 3 is 2.72 bits per heavy atom. The molecular formula is C17H19N3O4S. The molecule has 0 aromatic heterocycles. The van der Waals surface area contributed by atoms with Gasteiger partial charge in [0.15, 0.2) is 0 Å². The monoisotopic (exact) mass is 361 g/mol. The first-order chi connectivity index (χ1) is 11.8. The van der Waals surface area contributed by atoms with Gasteiger partial charge in [-0.2, -0.15) is 0 Å². The van der Waals surface area contributed by atoms with Gasteiger partial charge in [-0.1, -0.05) is 12.1 Å². The molecule has 1 aliphatic rings. The van der Waals surface area contributed by atoms with Gasteiger partial charge >= 0.3 is 0 Å². The summed E-state index contributed by atoms with van der Waals surface area (Å²) in [6.45, 7) is 1.62. The van der Waals surface area contributed by atoms with Crippen LogP contribution in [0.1, 0.15) is 35.6 Å². The SMILES string of the molecule is Cc1ccc([N+](=O)[O-])cc1S(=O)(=O)NC1CCCc2cc(N)ccc21. The highest BCUT2D eigenvalue weighted by atomic mass is 32.2. The molecule has 132 valence electrons. The highest BCUT2D eigenvalue weighted by Gasteiger charge is 2.27. The third-order valence-electron chi connectivity index (χ3n) is 4.45. The lowest BCUT2D eigenvalue weighted by atomic mass is 9.88. The second-order valence-electron chi connectivity index (χ2n) is 6.23. The molecule has 0 saturated heterocycles. The second kappa shape index (κ2) is 6.45. The average Bonchev–Trinajstić information content (AvgIpc) is 2.54. The molecule has 0 amide bonds. The van der Waals surface area contributed by atoms with Crippen molar-refractivity contribution in [2.24, 2.45) is 0 Å². The van der Waals surface area contributed by atoms with Gasteiger partial charge in [0.1, 0.15) is 0 Å². The molecular weight excluding hydrogens is 342 g/mol. The summed E-state index contributed by atoms with van der Waals surface area (Å²) in [7, 11) is -3.89. The molecule has 2 aromatic rings. The molecule has 0 bridgehead atoms. The molecule has 3 N–H and O–H groups in total. The molecule has 3 rings (SSSR count). The Morgan fingerprint density at radius 1 is 1.24 bits per heavy atom. The van der Waals surface area contributed by atoms with E-state index in [0.717, 1.165) is 30.0 Å². The number of anilines is 1. The predicted molar refractivity (Wildman–Crippen MR) is 94.7 cm³/mol. The highest BCUT2D eigenvalue weighted by molar-refractivity contribution is 7.89. The summed E-state index contributed by atoms with van der Waals surface area (Å²) in [4.78, 5) is 10.3. The second-order valence-corrected chi connectivity index (χ2v) is 7.91. The van der Waals surface area contributed by atoms with Crippen LogP contribution in [0.2, 0.25) is 0 Å². The number of hydrogen-bond donors (Lipinski definition) is 2. The molecule has 0 saturated carbocycles. The van der Waals surface area contributed by atoms with E-state index < -0.39 is 14.9 Å².